The lowest BCUT2D eigenvalue weighted by molar-refractivity contribution is -0.161. The number of hydrogen-bond acceptors (Lipinski definition) is 15. The molecule has 17 nitrogen and oxygen atoms in total. The first-order valence-corrected chi connectivity index (χ1v) is 39.7. The smallest absolute Gasteiger partial charge is 0.462 e. The van der Waals surface area contributed by atoms with Crippen LogP contribution in [0.2, 0.25) is 0 Å². The Labute approximate surface area is 549 Å². The number of phosphoric ester groups is 2. The first kappa shape index (κ1) is 88.1. The van der Waals surface area contributed by atoms with E-state index in [4.69, 9.17) is 37.0 Å². The number of aliphatic hydroxyl groups excluding tert-OH is 1. The maximum Gasteiger partial charge on any atom is 0.472 e. The normalized spacial score (nSPS) is 14.6. The maximum atomic E-state index is 13.0. The van der Waals surface area contributed by atoms with Crippen LogP contribution in [0.15, 0.2) is 0 Å². The second kappa shape index (κ2) is 60.7. The molecule has 0 saturated heterocycles. The molecule has 0 aliphatic carbocycles. The largest absolute Gasteiger partial charge is 0.472 e. The number of ether oxygens (including phenoxy) is 4. The molecule has 0 amide bonds. The minimum Gasteiger partial charge on any atom is -0.462 e. The van der Waals surface area contributed by atoms with E-state index in [0.29, 0.717) is 25.7 Å². The van der Waals surface area contributed by atoms with Crippen molar-refractivity contribution in [2.45, 2.75) is 369 Å². The molecule has 0 aromatic rings. The minimum absolute atomic E-state index is 0.104. The Morgan fingerprint density at radius 3 is 0.789 bits per heavy atom. The lowest BCUT2D eigenvalue weighted by Crippen LogP contribution is -2.30. The number of esters is 4. The first-order chi connectivity index (χ1) is 43.1. The fourth-order valence-electron chi connectivity index (χ4n) is 10.6. The third-order valence-electron chi connectivity index (χ3n) is 16.7. The molecule has 0 aliphatic rings. The van der Waals surface area contributed by atoms with Gasteiger partial charge in [-0.3, -0.25) is 37.3 Å². The summed E-state index contributed by atoms with van der Waals surface area (Å²) in [6.07, 6.45) is 43.0. The second-order valence-electron chi connectivity index (χ2n) is 27.3. The molecular weight excluding hydrogens is 1190 g/mol. The van der Waals surface area contributed by atoms with E-state index in [1.54, 1.807) is 0 Å². The van der Waals surface area contributed by atoms with Crippen molar-refractivity contribution < 1.29 is 80.2 Å². The van der Waals surface area contributed by atoms with Crippen LogP contribution in [0.3, 0.4) is 0 Å². The van der Waals surface area contributed by atoms with Gasteiger partial charge >= 0.3 is 39.5 Å². The van der Waals surface area contributed by atoms with Crippen LogP contribution in [0.4, 0.5) is 0 Å². The lowest BCUT2D eigenvalue weighted by Gasteiger charge is -2.21. The monoisotopic (exact) mass is 1320 g/mol. The first-order valence-electron chi connectivity index (χ1n) is 36.7. The molecule has 3 N–H and O–H groups in total. The van der Waals surface area contributed by atoms with Gasteiger partial charge < -0.3 is 33.8 Å². The van der Waals surface area contributed by atoms with Crippen LogP contribution in [0, 0.1) is 23.7 Å². The Morgan fingerprint density at radius 1 is 0.311 bits per heavy atom. The molecule has 6 atom stereocenters. The lowest BCUT2D eigenvalue weighted by atomic mass is 9.99. The molecule has 0 saturated carbocycles. The van der Waals surface area contributed by atoms with Crippen molar-refractivity contribution in [1.29, 1.82) is 0 Å². The minimum atomic E-state index is -4.95. The van der Waals surface area contributed by atoms with E-state index in [-0.39, 0.29) is 25.7 Å². The van der Waals surface area contributed by atoms with Crippen LogP contribution in [0.5, 0.6) is 0 Å². The van der Waals surface area contributed by atoms with Crippen molar-refractivity contribution in [3.05, 3.63) is 0 Å². The Morgan fingerprint density at radius 2 is 0.533 bits per heavy atom. The SMILES string of the molecule is CCC(C)CCCCCCCCCCC(=O)O[C@H](COC(=O)CCCCCCCCCCC(C)C)COP(=O)(O)OCC(O)COP(=O)(O)OC[C@@H](COC(=O)CCCCCCCCCCCCC(C)C)OC(=O)CCCCCCCCCCCCCC(C)C. The maximum absolute atomic E-state index is 13.0. The number of carbonyl (C=O) groups is 4. The summed E-state index contributed by atoms with van der Waals surface area (Å²) in [6, 6.07) is 0. The van der Waals surface area contributed by atoms with Gasteiger partial charge in [-0.15, -0.1) is 0 Å². The Balaban J connectivity index is 5.27. The van der Waals surface area contributed by atoms with Crippen molar-refractivity contribution in [2.24, 2.45) is 23.7 Å². The Bertz CT molecular complexity index is 1780. The quantitative estimate of drug-likeness (QED) is 0.0222. The van der Waals surface area contributed by atoms with Gasteiger partial charge in [-0.1, -0.05) is 299 Å². The number of aliphatic hydroxyl groups is 1. The Hall–Kier alpha value is -1.94. The van der Waals surface area contributed by atoms with E-state index in [1.807, 2.05) is 0 Å². The van der Waals surface area contributed by atoms with Gasteiger partial charge in [0.15, 0.2) is 12.2 Å². The molecule has 0 rings (SSSR count). The fourth-order valence-corrected chi connectivity index (χ4v) is 12.2. The predicted molar refractivity (Wildman–Crippen MR) is 363 cm³/mol. The van der Waals surface area contributed by atoms with Gasteiger partial charge in [0.1, 0.15) is 19.3 Å². The highest BCUT2D eigenvalue weighted by Gasteiger charge is 2.30. The van der Waals surface area contributed by atoms with E-state index >= 15 is 0 Å². The summed E-state index contributed by atoms with van der Waals surface area (Å²) in [5.74, 6) is 0.891. The third-order valence-corrected chi connectivity index (χ3v) is 18.6. The second-order valence-corrected chi connectivity index (χ2v) is 30.2. The molecule has 90 heavy (non-hydrogen) atoms. The highest BCUT2D eigenvalue weighted by molar-refractivity contribution is 7.47. The van der Waals surface area contributed by atoms with Crippen LogP contribution < -0.4 is 0 Å². The van der Waals surface area contributed by atoms with Gasteiger partial charge in [-0.2, -0.15) is 0 Å². The average molecular weight is 1330 g/mol. The molecular formula is C71H138O17P2. The predicted octanol–water partition coefficient (Wildman–Crippen LogP) is 20.1. The zero-order valence-electron chi connectivity index (χ0n) is 58.8. The van der Waals surface area contributed by atoms with Crippen LogP contribution in [-0.2, 0) is 65.4 Å². The van der Waals surface area contributed by atoms with Crippen molar-refractivity contribution in [3.63, 3.8) is 0 Å². The topological polar surface area (TPSA) is 237 Å². The number of hydrogen-bond donors (Lipinski definition) is 3. The zero-order valence-corrected chi connectivity index (χ0v) is 60.6. The summed E-state index contributed by atoms with van der Waals surface area (Å²) in [5.41, 5.74) is 0. The molecule has 0 radical (unpaired) electrons. The zero-order chi connectivity index (χ0) is 66.8. The van der Waals surface area contributed by atoms with Crippen LogP contribution in [0.1, 0.15) is 351 Å². The van der Waals surface area contributed by atoms with Crippen molar-refractivity contribution >= 4 is 39.5 Å². The van der Waals surface area contributed by atoms with Gasteiger partial charge in [0.25, 0.3) is 0 Å². The summed E-state index contributed by atoms with van der Waals surface area (Å²) < 4.78 is 68.3. The van der Waals surface area contributed by atoms with Gasteiger partial charge in [-0.05, 0) is 49.4 Å². The van der Waals surface area contributed by atoms with E-state index < -0.39 is 97.5 Å². The summed E-state index contributed by atoms with van der Waals surface area (Å²) in [7, 11) is -9.91. The standard InChI is InChI=1S/C71H138O17P2/c1-9-64(8)50-42-34-26-20-22-30-38-46-54-71(76)88-67(58-82-69(74)52-44-36-28-21-19-25-33-41-49-63(6)7)60-86-90(79,80)84-56-65(72)55-83-89(77,78)85-59-66(57-81-68(73)51-43-35-27-17-14-13-16-24-32-40-48-62(4)5)87-70(75)53-45-37-29-18-12-10-11-15-23-31-39-47-61(2)3/h61-67,72H,9-60H2,1-8H3,(H,77,78)(H,79,80)/t64?,65?,66-,67-/m1/s1. The van der Waals surface area contributed by atoms with E-state index in [9.17, 15) is 43.2 Å². The molecule has 0 bridgehead atoms. The van der Waals surface area contributed by atoms with E-state index in [1.165, 1.54) is 154 Å². The molecule has 534 valence electrons. The summed E-state index contributed by atoms with van der Waals surface area (Å²) in [6.45, 7) is 14.1. The summed E-state index contributed by atoms with van der Waals surface area (Å²) >= 11 is 0. The molecule has 19 heteroatoms. The van der Waals surface area contributed by atoms with E-state index in [2.05, 4.69) is 55.4 Å². The van der Waals surface area contributed by atoms with Crippen molar-refractivity contribution in [1.82, 2.24) is 0 Å². The van der Waals surface area contributed by atoms with Crippen molar-refractivity contribution in [3.8, 4) is 0 Å². The molecule has 0 heterocycles. The third kappa shape index (κ3) is 63.5. The van der Waals surface area contributed by atoms with Gasteiger partial charge in [-0.25, -0.2) is 9.13 Å². The fraction of sp³-hybridized carbons (Fsp3) is 0.944. The molecule has 0 aromatic heterocycles. The van der Waals surface area contributed by atoms with Crippen molar-refractivity contribution in [2.75, 3.05) is 39.6 Å². The van der Waals surface area contributed by atoms with E-state index in [0.717, 1.165) is 114 Å². The van der Waals surface area contributed by atoms with Gasteiger partial charge in [0.05, 0.1) is 26.4 Å². The summed E-state index contributed by atoms with van der Waals surface area (Å²) in [4.78, 5) is 72.6. The molecule has 4 unspecified atom stereocenters. The van der Waals surface area contributed by atoms with Gasteiger partial charge in [0.2, 0.25) is 0 Å². The average Bonchev–Trinajstić information content (AvgIpc) is 3.55. The molecule has 0 fully saturated rings. The number of unbranched alkanes of at least 4 members (excludes halogenated alkanes) is 33. The van der Waals surface area contributed by atoms with Crippen LogP contribution in [0.25, 0.3) is 0 Å². The molecule has 0 spiro atoms. The number of rotatable bonds is 68. The number of carbonyl (C=O) groups excluding carboxylic acids is 4. The van der Waals surface area contributed by atoms with Crippen LogP contribution in [-0.4, -0.2) is 96.7 Å². The van der Waals surface area contributed by atoms with Gasteiger partial charge in [0, 0.05) is 25.7 Å². The van der Waals surface area contributed by atoms with Crippen LogP contribution >= 0.6 is 15.6 Å². The highest BCUT2D eigenvalue weighted by atomic mass is 31.2. The highest BCUT2D eigenvalue weighted by Crippen LogP contribution is 2.45. The Kier molecular flexibility index (Phi) is 59.4. The summed E-state index contributed by atoms with van der Waals surface area (Å²) in [5, 5.41) is 10.6. The molecule has 0 aliphatic heterocycles. The molecule has 0 aromatic carbocycles. The number of phosphoric acid groups is 2.